The minimum atomic E-state index is -3.83. The fraction of sp³-hybridized carbons (Fsp3) is 0.235. The summed E-state index contributed by atoms with van der Waals surface area (Å²) in [5, 5.41) is -0.105. The van der Waals surface area contributed by atoms with E-state index in [1.165, 1.54) is 7.11 Å². The Kier molecular flexibility index (Phi) is 4.27. The summed E-state index contributed by atoms with van der Waals surface area (Å²) in [6.07, 6.45) is 0. The largest absolute Gasteiger partial charge is 0.497 e. The molecule has 3 aromatic rings. The second kappa shape index (κ2) is 6.11. The molecule has 24 heavy (non-hydrogen) atoms. The Morgan fingerprint density at radius 3 is 2.38 bits per heavy atom. The molecule has 0 saturated heterocycles. The van der Waals surface area contributed by atoms with Crippen LogP contribution in [0, 0.1) is 0 Å². The first-order chi connectivity index (χ1) is 11.3. The first-order valence-corrected chi connectivity index (χ1v) is 9.24. The summed E-state index contributed by atoms with van der Waals surface area (Å²) in [5.41, 5.74) is 1.94. The van der Waals surface area contributed by atoms with E-state index in [-0.39, 0.29) is 10.2 Å². The summed E-state index contributed by atoms with van der Waals surface area (Å²) < 4.78 is 32.1. The van der Waals surface area contributed by atoms with Gasteiger partial charge in [0.1, 0.15) is 5.75 Å². The quantitative estimate of drug-likeness (QED) is 0.700. The molecule has 1 heterocycles. The number of ether oxygens (including phenoxy) is 1. The maximum absolute atomic E-state index is 13.0. The lowest BCUT2D eigenvalue weighted by molar-refractivity contribution is 0.415. The van der Waals surface area contributed by atoms with E-state index >= 15 is 0 Å². The van der Waals surface area contributed by atoms with E-state index in [0.717, 1.165) is 9.54 Å². The van der Waals surface area contributed by atoms with Crippen molar-refractivity contribution in [3.05, 3.63) is 53.3 Å². The van der Waals surface area contributed by atoms with Gasteiger partial charge in [-0.2, -0.15) is 0 Å². The molecule has 3 rings (SSSR count). The van der Waals surface area contributed by atoms with Gasteiger partial charge in [-0.15, -0.1) is 0 Å². The molecule has 0 aliphatic heterocycles. The van der Waals surface area contributed by atoms with Crippen LogP contribution in [0.25, 0.3) is 11.0 Å². The summed E-state index contributed by atoms with van der Waals surface area (Å²) in [6.45, 7) is 4.11. The number of hydrogen-bond donors (Lipinski definition) is 0. The van der Waals surface area contributed by atoms with Gasteiger partial charge in [-0.05, 0) is 47.3 Å². The summed E-state index contributed by atoms with van der Waals surface area (Å²) in [6, 6.07) is 11.8. The number of aromatic nitrogens is 2. The fourth-order valence-corrected chi connectivity index (χ4v) is 4.29. The van der Waals surface area contributed by atoms with Gasteiger partial charge in [-0.25, -0.2) is 17.4 Å². The molecule has 0 N–H and O–H groups in total. The Morgan fingerprint density at radius 2 is 1.79 bits per heavy atom. The van der Waals surface area contributed by atoms with E-state index in [1.807, 2.05) is 12.1 Å². The molecule has 0 bridgehead atoms. The van der Waals surface area contributed by atoms with E-state index in [9.17, 15) is 8.42 Å². The van der Waals surface area contributed by atoms with E-state index in [2.05, 4.69) is 18.8 Å². The highest BCUT2D eigenvalue weighted by Gasteiger charge is 2.24. The number of benzene rings is 2. The second-order valence-corrected chi connectivity index (χ2v) is 7.85. The van der Waals surface area contributed by atoms with Gasteiger partial charge in [0.15, 0.2) is 0 Å². The Balaban J connectivity index is 2.16. The maximum Gasteiger partial charge on any atom is 0.270 e. The van der Waals surface area contributed by atoms with Crippen molar-refractivity contribution >= 4 is 32.7 Å². The molecular formula is C17H17ClN2O3S. The number of methoxy groups -OCH3 is 1. The molecular weight excluding hydrogens is 348 g/mol. The lowest BCUT2D eigenvalue weighted by Gasteiger charge is -2.10. The number of hydrogen-bond acceptors (Lipinski definition) is 4. The van der Waals surface area contributed by atoms with E-state index < -0.39 is 10.0 Å². The predicted octanol–water partition coefficient (Wildman–Crippen LogP) is 4.06. The molecule has 0 unspecified atom stereocenters. The third kappa shape index (κ3) is 2.76. The highest BCUT2D eigenvalue weighted by Crippen LogP contribution is 2.29. The van der Waals surface area contributed by atoms with Gasteiger partial charge in [0, 0.05) is 6.07 Å². The fourth-order valence-electron chi connectivity index (χ4n) is 2.49. The van der Waals surface area contributed by atoms with Crippen molar-refractivity contribution in [3.63, 3.8) is 0 Å². The first-order valence-electron chi connectivity index (χ1n) is 7.42. The zero-order chi connectivity index (χ0) is 17.5. The van der Waals surface area contributed by atoms with E-state index in [1.54, 1.807) is 30.3 Å². The number of rotatable bonds is 4. The Bertz CT molecular complexity index is 993. The summed E-state index contributed by atoms with van der Waals surface area (Å²) in [7, 11) is -2.30. The zero-order valence-corrected chi connectivity index (χ0v) is 15.1. The predicted molar refractivity (Wildman–Crippen MR) is 94.4 cm³/mol. The van der Waals surface area contributed by atoms with Crippen LogP contribution in [0.5, 0.6) is 5.75 Å². The van der Waals surface area contributed by atoms with Gasteiger partial charge in [0.2, 0.25) is 5.28 Å². The SMILES string of the molecule is COc1ccc2c(c1)nc(Cl)n2S(=O)(=O)c1ccc(C(C)C)cc1. The van der Waals surface area contributed by atoms with Crippen LogP contribution in [0.2, 0.25) is 5.28 Å². The van der Waals surface area contributed by atoms with Gasteiger partial charge >= 0.3 is 0 Å². The summed E-state index contributed by atoms with van der Waals surface area (Å²) in [5.74, 6) is 0.911. The van der Waals surface area contributed by atoms with Crippen LogP contribution in [0.3, 0.4) is 0 Å². The number of halogens is 1. The van der Waals surface area contributed by atoms with Gasteiger partial charge in [-0.3, -0.25) is 0 Å². The van der Waals surface area contributed by atoms with Crippen LogP contribution in [0.4, 0.5) is 0 Å². The van der Waals surface area contributed by atoms with Gasteiger partial charge in [0.05, 0.1) is 23.0 Å². The number of fused-ring (bicyclic) bond motifs is 1. The van der Waals surface area contributed by atoms with Gasteiger partial charge in [0.25, 0.3) is 10.0 Å². The van der Waals surface area contributed by atoms with Crippen molar-refractivity contribution in [1.29, 1.82) is 0 Å². The molecule has 0 amide bonds. The Hall–Kier alpha value is -2.05. The molecule has 5 nitrogen and oxygen atoms in total. The molecule has 0 radical (unpaired) electrons. The second-order valence-electron chi connectivity index (χ2n) is 5.73. The lowest BCUT2D eigenvalue weighted by Crippen LogP contribution is -2.13. The smallest absolute Gasteiger partial charge is 0.270 e. The van der Waals surface area contributed by atoms with Crippen LogP contribution in [0.1, 0.15) is 25.3 Å². The van der Waals surface area contributed by atoms with Crippen molar-refractivity contribution in [3.8, 4) is 5.75 Å². The summed E-state index contributed by atoms with van der Waals surface area (Å²) >= 11 is 6.11. The molecule has 0 fully saturated rings. The minimum Gasteiger partial charge on any atom is -0.497 e. The van der Waals surface area contributed by atoms with Crippen LogP contribution >= 0.6 is 11.6 Å². The average Bonchev–Trinajstić information content (AvgIpc) is 2.90. The molecule has 7 heteroatoms. The normalized spacial score (nSPS) is 12.0. The van der Waals surface area contributed by atoms with Crippen molar-refractivity contribution < 1.29 is 13.2 Å². The van der Waals surface area contributed by atoms with Crippen molar-refractivity contribution in [2.45, 2.75) is 24.7 Å². The molecule has 0 atom stereocenters. The molecule has 2 aromatic carbocycles. The first kappa shape index (κ1) is 16.8. The highest BCUT2D eigenvalue weighted by molar-refractivity contribution is 7.90. The molecule has 0 aliphatic carbocycles. The van der Waals surface area contributed by atoms with Crippen LogP contribution in [-0.4, -0.2) is 24.5 Å². The van der Waals surface area contributed by atoms with Gasteiger partial charge in [-0.1, -0.05) is 26.0 Å². The topological polar surface area (TPSA) is 61.2 Å². The molecule has 1 aromatic heterocycles. The maximum atomic E-state index is 13.0. The third-order valence-corrected chi connectivity index (χ3v) is 5.94. The minimum absolute atomic E-state index is 0.105. The van der Waals surface area contributed by atoms with E-state index in [4.69, 9.17) is 16.3 Å². The Labute approximate surface area is 145 Å². The molecule has 0 aliphatic rings. The average molecular weight is 365 g/mol. The molecule has 0 saturated carbocycles. The van der Waals surface area contributed by atoms with Gasteiger partial charge < -0.3 is 4.74 Å². The van der Waals surface area contributed by atoms with E-state index in [0.29, 0.717) is 22.7 Å². The van der Waals surface area contributed by atoms with Crippen LogP contribution in [0.15, 0.2) is 47.4 Å². The van der Waals surface area contributed by atoms with Crippen LogP contribution in [-0.2, 0) is 10.0 Å². The zero-order valence-electron chi connectivity index (χ0n) is 13.5. The lowest BCUT2D eigenvalue weighted by atomic mass is 10.0. The standard InChI is InChI=1S/C17H17ClN2O3S/c1-11(2)12-4-7-14(8-5-12)24(21,22)20-16-9-6-13(23-3)10-15(16)19-17(20)18/h4-11H,1-3H3. The molecule has 0 spiro atoms. The van der Waals surface area contributed by atoms with Crippen molar-refractivity contribution in [2.75, 3.05) is 7.11 Å². The van der Waals surface area contributed by atoms with Crippen LogP contribution < -0.4 is 4.74 Å². The number of nitrogens with zero attached hydrogens (tertiary/aromatic N) is 2. The molecule has 126 valence electrons. The highest BCUT2D eigenvalue weighted by atomic mass is 35.5. The third-order valence-electron chi connectivity index (χ3n) is 3.87. The number of imidazole rings is 1. The van der Waals surface area contributed by atoms with Crippen molar-refractivity contribution in [1.82, 2.24) is 8.96 Å². The monoisotopic (exact) mass is 364 g/mol. The Morgan fingerprint density at radius 1 is 1.12 bits per heavy atom. The summed E-state index contributed by atoms with van der Waals surface area (Å²) in [4.78, 5) is 4.30. The van der Waals surface area contributed by atoms with Crippen molar-refractivity contribution in [2.24, 2.45) is 0 Å².